The fraction of sp³-hybridized carbons (Fsp3) is 0.231. The van der Waals surface area contributed by atoms with Crippen molar-refractivity contribution in [3.05, 3.63) is 41.2 Å². The standard InChI is InChI=1S/C13H14FNO3/c1-2-18-13(17)11-7-6-10(14)8-9(11)4-3-5-12(15)16/h3-4,6-8H,2,5H2,1H3,(H2,15,16). The van der Waals surface area contributed by atoms with Crippen LogP contribution in [-0.4, -0.2) is 18.5 Å². The number of hydrogen-bond donors (Lipinski definition) is 1. The first-order valence-corrected chi connectivity index (χ1v) is 5.46. The van der Waals surface area contributed by atoms with E-state index >= 15 is 0 Å². The quantitative estimate of drug-likeness (QED) is 0.812. The van der Waals surface area contributed by atoms with Crippen LogP contribution in [0.1, 0.15) is 29.3 Å². The van der Waals surface area contributed by atoms with Crippen molar-refractivity contribution < 1.29 is 18.7 Å². The summed E-state index contributed by atoms with van der Waals surface area (Å²) in [6.07, 6.45) is 2.97. The van der Waals surface area contributed by atoms with Crippen LogP contribution in [0.15, 0.2) is 24.3 Å². The van der Waals surface area contributed by atoms with Gasteiger partial charge in [0.1, 0.15) is 5.82 Å². The second-order valence-electron chi connectivity index (χ2n) is 3.52. The van der Waals surface area contributed by atoms with Crippen LogP contribution in [0, 0.1) is 5.82 Å². The first-order valence-electron chi connectivity index (χ1n) is 5.46. The molecule has 1 aromatic rings. The summed E-state index contributed by atoms with van der Waals surface area (Å²) in [7, 11) is 0. The Morgan fingerprint density at radius 3 is 2.78 bits per heavy atom. The molecule has 0 bridgehead atoms. The summed E-state index contributed by atoms with van der Waals surface area (Å²) in [5, 5.41) is 0. The predicted molar refractivity (Wildman–Crippen MR) is 65.2 cm³/mol. The zero-order valence-electron chi connectivity index (χ0n) is 9.98. The number of hydrogen-bond acceptors (Lipinski definition) is 3. The second-order valence-corrected chi connectivity index (χ2v) is 3.52. The number of benzene rings is 1. The lowest BCUT2D eigenvalue weighted by atomic mass is 10.1. The number of carbonyl (C=O) groups excluding carboxylic acids is 2. The SMILES string of the molecule is CCOC(=O)c1ccc(F)cc1C=CCC(N)=O. The van der Waals surface area contributed by atoms with Crippen LogP contribution in [0.2, 0.25) is 0 Å². The van der Waals surface area contributed by atoms with E-state index in [1.165, 1.54) is 30.4 Å². The third kappa shape index (κ3) is 4.01. The van der Waals surface area contributed by atoms with Gasteiger partial charge in [-0.1, -0.05) is 12.2 Å². The molecule has 0 aliphatic heterocycles. The van der Waals surface area contributed by atoms with Gasteiger partial charge in [0.15, 0.2) is 0 Å². The Hall–Kier alpha value is -2.17. The van der Waals surface area contributed by atoms with E-state index in [-0.39, 0.29) is 18.6 Å². The number of ether oxygens (including phenoxy) is 1. The van der Waals surface area contributed by atoms with Gasteiger partial charge in [0.2, 0.25) is 5.91 Å². The van der Waals surface area contributed by atoms with Gasteiger partial charge >= 0.3 is 5.97 Å². The molecule has 18 heavy (non-hydrogen) atoms. The molecule has 0 saturated heterocycles. The molecule has 0 fully saturated rings. The lowest BCUT2D eigenvalue weighted by Crippen LogP contribution is -2.08. The first-order chi connectivity index (χ1) is 8.54. The van der Waals surface area contributed by atoms with Crippen LogP contribution in [0.3, 0.4) is 0 Å². The van der Waals surface area contributed by atoms with Gasteiger partial charge in [-0.15, -0.1) is 0 Å². The molecule has 0 aromatic heterocycles. The van der Waals surface area contributed by atoms with Gasteiger partial charge in [-0.25, -0.2) is 9.18 Å². The van der Waals surface area contributed by atoms with Crippen molar-refractivity contribution in [3.63, 3.8) is 0 Å². The maximum absolute atomic E-state index is 13.1. The molecule has 4 nitrogen and oxygen atoms in total. The molecule has 0 aliphatic rings. The minimum Gasteiger partial charge on any atom is -0.462 e. The number of rotatable bonds is 5. The highest BCUT2D eigenvalue weighted by atomic mass is 19.1. The van der Waals surface area contributed by atoms with Gasteiger partial charge in [-0.05, 0) is 30.7 Å². The summed E-state index contributed by atoms with van der Waals surface area (Å²) in [6, 6.07) is 3.72. The molecule has 0 atom stereocenters. The van der Waals surface area contributed by atoms with Gasteiger partial charge in [0.25, 0.3) is 0 Å². The van der Waals surface area contributed by atoms with Crippen molar-refractivity contribution in [2.75, 3.05) is 6.61 Å². The molecule has 0 aliphatic carbocycles. The van der Waals surface area contributed by atoms with Gasteiger partial charge in [-0.2, -0.15) is 0 Å². The van der Waals surface area contributed by atoms with E-state index in [9.17, 15) is 14.0 Å². The second kappa shape index (κ2) is 6.54. The predicted octanol–water partition coefficient (Wildman–Crippen LogP) is 1.89. The first kappa shape index (κ1) is 13.9. The Balaban J connectivity index is 3.00. The van der Waals surface area contributed by atoms with Crippen molar-refractivity contribution in [2.45, 2.75) is 13.3 Å². The van der Waals surface area contributed by atoms with Crippen molar-refractivity contribution in [2.24, 2.45) is 5.73 Å². The summed E-state index contributed by atoms with van der Waals surface area (Å²) in [4.78, 5) is 22.2. The highest BCUT2D eigenvalue weighted by Gasteiger charge is 2.11. The van der Waals surface area contributed by atoms with E-state index < -0.39 is 17.7 Å². The maximum Gasteiger partial charge on any atom is 0.338 e. The molecule has 0 spiro atoms. The van der Waals surface area contributed by atoms with Gasteiger partial charge in [-0.3, -0.25) is 4.79 Å². The van der Waals surface area contributed by atoms with Crippen molar-refractivity contribution >= 4 is 18.0 Å². The Labute approximate surface area is 104 Å². The maximum atomic E-state index is 13.1. The number of esters is 1. The molecule has 1 amide bonds. The van der Waals surface area contributed by atoms with Crippen LogP contribution in [0.4, 0.5) is 4.39 Å². The Bertz CT molecular complexity index is 483. The van der Waals surface area contributed by atoms with Crippen molar-refractivity contribution in [1.82, 2.24) is 0 Å². The summed E-state index contributed by atoms with van der Waals surface area (Å²) >= 11 is 0. The number of amides is 1. The smallest absolute Gasteiger partial charge is 0.338 e. The fourth-order valence-corrected chi connectivity index (χ4v) is 1.37. The van der Waals surface area contributed by atoms with Crippen LogP contribution in [-0.2, 0) is 9.53 Å². The van der Waals surface area contributed by atoms with E-state index in [0.717, 1.165) is 0 Å². The lowest BCUT2D eigenvalue weighted by molar-refractivity contribution is -0.117. The molecular weight excluding hydrogens is 237 g/mol. The molecule has 5 heteroatoms. The van der Waals surface area contributed by atoms with E-state index in [1.54, 1.807) is 6.92 Å². The molecule has 96 valence electrons. The number of halogens is 1. The molecule has 0 saturated carbocycles. The van der Waals surface area contributed by atoms with Crippen LogP contribution in [0.5, 0.6) is 0 Å². The zero-order valence-corrected chi connectivity index (χ0v) is 9.98. The van der Waals surface area contributed by atoms with Gasteiger partial charge in [0.05, 0.1) is 12.2 Å². The van der Waals surface area contributed by atoms with Crippen LogP contribution < -0.4 is 5.73 Å². The number of primary amides is 1. The Morgan fingerprint density at radius 1 is 1.44 bits per heavy atom. The largest absolute Gasteiger partial charge is 0.462 e. The monoisotopic (exact) mass is 251 g/mol. The van der Waals surface area contributed by atoms with E-state index in [2.05, 4.69) is 0 Å². The van der Waals surface area contributed by atoms with E-state index in [0.29, 0.717) is 5.56 Å². The summed E-state index contributed by atoms with van der Waals surface area (Å²) in [6.45, 7) is 1.92. The lowest BCUT2D eigenvalue weighted by Gasteiger charge is -2.05. The van der Waals surface area contributed by atoms with E-state index in [4.69, 9.17) is 10.5 Å². The minimum atomic E-state index is -0.531. The van der Waals surface area contributed by atoms with E-state index in [1.807, 2.05) is 0 Å². The third-order valence-electron chi connectivity index (χ3n) is 2.13. The topological polar surface area (TPSA) is 69.4 Å². The number of carbonyl (C=O) groups is 2. The molecule has 2 N–H and O–H groups in total. The summed E-state index contributed by atoms with van der Waals surface area (Å²) in [5.41, 5.74) is 5.58. The Kier molecular flexibility index (Phi) is 5.05. The molecule has 1 aromatic carbocycles. The van der Waals surface area contributed by atoms with Gasteiger partial charge in [0, 0.05) is 6.42 Å². The fourth-order valence-electron chi connectivity index (χ4n) is 1.37. The minimum absolute atomic E-state index is 0.0266. The molecular formula is C13H14FNO3. The van der Waals surface area contributed by atoms with Crippen molar-refractivity contribution in [1.29, 1.82) is 0 Å². The van der Waals surface area contributed by atoms with Crippen LogP contribution >= 0.6 is 0 Å². The normalized spacial score (nSPS) is 10.6. The third-order valence-corrected chi connectivity index (χ3v) is 2.13. The highest BCUT2D eigenvalue weighted by molar-refractivity contribution is 5.93. The Morgan fingerprint density at radius 2 is 2.17 bits per heavy atom. The average Bonchev–Trinajstić information content (AvgIpc) is 2.29. The average molecular weight is 251 g/mol. The van der Waals surface area contributed by atoms with Crippen LogP contribution in [0.25, 0.3) is 6.08 Å². The summed E-state index contributed by atoms with van der Waals surface area (Å²) < 4.78 is 18.0. The zero-order chi connectivity index (χ0) is 13.5. The molecule has 0 unspecified atom stereocenters. The van der Waals surface area contributed by atoms with Gasteiger partial charge < -0.3 is 10.5 Å². The van der Waals surface area contributed by atoms with Crippen molar-refractivity contribution in [3.8, 4) is 0 Å². The summed E-state index contributed by atoms with van der Waals surface area (Å²) in [5.74, 6) is -1.50. The molecule has 0 radical (unpaired) electrons. The highest BCUT2D eigenvalue weighted by Crippen LogP contribution is 2.15. The number of nitrogens with two attached hydrogens (primary N) is 1. The molecule has 0 heterocycles. The molecule has 1 rings (SSSR count).